The topological polar surface area (TPSA) is 147 Å². The van der Waals surface area contributed by atoms with E-state index in [1.54, 1.807) is 0 Å². The molecule has 2 aliphatic heterocycles. The molecule has 11 heteroatoms. The fourth-order valence-corrected chi connectivity index (χ4v) is 6.91. The molecule has 268 valence electrons. The molecule has 11 nitrogen and oxygen atoms in total. The summed E-state index contributed by atoms with van der Waals surface area (Å²) in [6, 6.07) is 15.6. The molecule has 4 bridgehead atoms. The fourth-order valence-electron chi connectivity index (χ4n) is 6.91. The molecule has 0 spiro atoms. The van der Waals surface area contributed by atoms with E-state index in [2.05, 4.69) is 37.1 Å². The van der Waals surface area contributed by atoms with Crippen LogP contribution in [-0.4, -0.2) is 75.7 Å². The number of rotatable bonds is 8. The van der Waals surface area contributed by atoms with Crippen LogP contribution in [0.3, 0.4) is 0 Å². The third kappa shape index (κ3) is 7.77. The summed E-state index contributed by atoms with van der Waals surface area (Å²) in [6.45, 7) is 10.0. The highest BCUT2D eigenvalue weighted by Crippen LogP contribution is 2.45. The zero-order chi connectivity index (χ0) is 36.3. The van der Waals surface area contributed by atoms with Gasteiger partial charge < -0.3 is 30.1 Å². The number of unbranched alkanes of at least 4 members (excludes halogenated alkanes) is 1. The first-order valence-corrected chi connectivity index (χ1v) is 17.7. The Morgan fingerprint density at radius 2 is 1.94 bits per heavy atom. The highest BCUT2D eigenvalue weighted by Gasteiger charge is 2.61. The summed E-state index contributed by atoms with van der Waals surface area (Å²) in [5.41, 5.74) is 1.47. The number of ether oxygens (including phenoxy) is 2. The molecular weight excluding hydrogens is 648 g/mol. The number of aliphatic carboxylic acids is 1. The Morgan fingerprint density at radius 3 is 2.65 bits per heavy atom. The normalized spacial score (nSPS) is 26.6. The lowest BCUT2D eigenvalue weighted by molar-refractivity contribution is -0.145. The number of cyclic esters (lactones) is 1. The van der Waals surface area contributed by atoms with E-state index in [-0.39, 0.29) is 31.4 Å². The average molecular weight is 695 g/mol. The molecule has 6 rings (SSSR count). The molecule has 1 saturated heterocycles. The Balaban J connectivity index is 1.42. The fraction of sp³-hybridized carbons (Fsp3) is 0.425. The summed E-state index contributed by atoms with van der Waals surface area (Å²) in [7, 11) is 0. The van der Waals surface area contributed by atoms with Crippen LogP contribution < -0.4 is 15.4 Å². The molecular formula is C40H46N4O7. The third-order valence-corrected chi connectivity index (χ3v) is 10.2. The maximum atomic E-state index is 14.3. The van der Waals surface area contributed by atoms with Crippen molar-refractivity contribution >= 4 is 40.9 Å². The lowest BCUT2D eigenvalue weighted by Crippen LogP contribution is -2.56. The van der Waals surface area contributed by atoms with Gasteiger partial charge in [-0.1, -0.05) is 88.2 Å². The van der Waals surface area contributed by atoms with Crippen LogP contribution in [0.1, 0.15) is 64.9 Å². The summed E-state index contributed by atoms with van der Waals surface area (Å²) in [4.78, 5) is 60.0. The lowest BCUT2D eigenvalue weighted by atomic mass is 9.88. The van der Waals surface area contributed by atoms with E-state index in [0.717, 1.165) is 28.5 Å². The minimum atomic E-state index is -1.48. The monoisotopic (exact) mass is 694 g/mol. The van der Waals surface area contributed by atoms with Gasteiger partial charge in [0.1, 0.15) is 29.5 Å². The second-order valence-electron chi connectivity index (χ2n) is 14.5. The molecule has 1 aromatic heterocycles. The van der Waals surface area contributed by atoms with Crippen LogP contribution in [0.25, 0.3) is 28.2 Å². The van der Waals surface area contributed by atoms with Gasteiger partial charge in [-0.2, -0.15) is 0 Å². The van der Waals surface area contributed by atoms with Crippen molar-refractivity contribution in [2.24, 2.45) is 11.3 Å². The van der Waals surface area contributed by atoms with Crippen LogP contribution in [-0.2, 0) is 19.1 Å². The molecule has 3 aliphatic rings. The largest absolute Gasteiger partial charge is 0.488 e. The lowest BCUT2D eigenvalue weighted by Gasteiger charge is -2.29. The zero-order valence-electron chi connectivity index (χ0n) is 29.4. The molecule has 5 atom stereocenters. The van der Waals surface area contributed by atoms with Crippen LogP contribution in [0.5, 0.6) is 5.75 Å². The summed E-state index contributed by atoms with van der Waals surface area (Å²) < 4.78 is 12.3. The summed E-state index contributed by atoms with van der Waals surface area (Å²) in [5, 5.41) is 16.3. The van der Waals surface area contributed by atoms with E-state index in [4.69, 9.17) is 14.5 Å². The number of hydrogen-bond donors (Lipinski definition) is 3. The van der Waals surface area contributed by atoms with Gasteiger partial charge in [0.2, 0.25) is 11.8 Å². The minimum absolute atomic E-state index is 0.0412. The predicted octanol–water partition coefficient (Wildman–Crippen LogP) is 6.12. The molecule has 1 saturated carbocycles. The van der Waals surface area contributed by atoms with E-state index in [1.165, 1.54) is 11.0 Å². The summed E-state index contributed by atoms with van der Waals surface area (Å²) in [6.07, 6.45) is 6.91. The number of carboxylic acids is 1. The van der Waals surface area contributed by atoms with Gasteiger partial charge >= 0.3 is 12.1 Å². The van der Waals surface area contributed by atoms with Crippen LogP contribution in [0.2, 0.25) is 0 Å². The van der Waals surface area contributed by atoms with E-state index in [1.807, 2.05) is 67.6 Å². The second kappa shape index (κ2) is 14.6. The second-order valence-corrected chi connectivity index (χ2v) is 14.5. The minimum Gasteiger partial charge on any atom is -0.488 e. The maximum Gasteiger partial charge on any atom is 0.407 e. The van der Waals surface area contributed by atoms with Gasteiger partial charge in [-0.15, -0.1) is 6.58 Å². The van der Waals surface area contributed by atoms with E-state index < -0.39 is 53.5 Å². The number of amides is 3. The highest BCUT2D eigenvalue weighted by atomic mass is 16.5. The van der Waals surface area contributed by atoms with Crippen molar-refractivity contribution in [1.82, 2.24) is 20.5 Å². The standard InChI is InChI=1S/C40H46N4O7/c1-5-7-13-31-36(46)44-24-28(21-33(44)35(45)43-40(37(47)48)23-27(40)6-2)51-34-22-32(26-11-9-8-10-12-26)41-30-15-14-25(20-29(30)34)16-17-39(3,4)18-19-50-38(49)42-31/h6,8-12,14-17,20,22,27-28,31,33H,2,5,7,13,18-19,21,23-24H2,1,3-4H3,(H,42,49)(H,43,45)(H,47,48)/b17-16+/t27-,28-,31+,33+,40-/m1/s1. The summed E-state index contributed by atoms with van der Waals surface area (Å²) in [5.74, 6) is -2.09. The van der Waals surface area contributed by atoms with Crippen molar-refractivity contribution in [3.05, 3.63) is 78.9 Å². The first kappa shape index (κ1) is 35.6. The van der Waals surface area contributed by atoms with Gasteiger partial charge in [0.05, 0.1) is 24.4 Å². The van der Waals surface area contributed by atoms with E-state index in [9.17, 15) is 24.3 Å². The van der Waals surface area contributed by atoms with Gasteiger partial charge in [0.25, 0.3) is 0 Å². The van der Waals surface area contributed by atoms with E-state index >= 15 is 0 Å². The Bertz CT molecular complexity index is 1860. The van der Waals surface area contributed by atoms with Gasteiger partial charge in [0.15, 0.2) is 0 Å². The molecule has 1 aliphatic carbocycles. The number of aromatic nitrogens is 1. The van der Waals surface area contributed by atoms with Crippen molar-refractivity contribution in [3.63, 3.8) is 0 Å². The number of benzene rings is 2. The third-order valence-electron chi connectivity index (χ3n) is 10.2. The Hall–Kier alpha value is -5.19. The zero-order valence-corrected chi connectivity index (χ0v) is 29.4. The van der Waals surface area contributed by atoms with Crippen molar-refractivity contribution in [3.8, 4) is 17.0 Å². The number of hydrogen-bond acceptors (Lipinski definition) is 7. The SMILES string of the molecule is C=C[C@@H]1C[C@]1(NC(=O)[C@@H]1C[C@@H]2CN1C(=O)[C@H](CCCC)NC(=O)OCCC(C)(C)/C=C/c1ccc3nc(-c4ccccc4)cc(c3c1)O2)C(=O)O. The molecule has 3 amide bonds. The van der Waals surface area contributed by atoms with Gasteiger partial charge in [-0.05, 0) is 42.4 Å². The smallest absolute Gasteiger partial charge is 0.407 e. The first-order valence-electron chi connectivity index (χ1n) is 17.7. The molecule has 0 radical (unpaired) electrons. The molecule has 3 aromatic rings. The van der Waals surface area contributed by atoms with Crippen molar-refractivity contribution in [2.45, 2.75) is 83.0 Å². The molecule has 2 fully saturated rings. The molecule has 2 aromatic carbocycles. The molecule has 3 heterocycles. The summed E-state index contributed by atoms with van der Waals surface area (Å²) >= 11 is 0. The van der Waals surface area contributed by atoms with Gasteiger partial charge in [-0.25, -0.2) is 14.6 Å². The number of fused-ring (bicyclic) bond motifs is 3. The molecule has 0 unspecified atom stereocenters. The quantitative estimate of drug-likeness (QED) is 0.239. The first-order chi connectivity index (χ1) is 24.4. The van der Waals surface area contributed by atoms with Crippen LogP contribution >= 0.6 is 0 Å². The number of carboxylic acid groups (broad SMARTS) is 1. The number of nitrogens with one attached hydrogen (secondary N) is 2. The number of allylic oxidation sites excluding steroid dienone is 1. The molecule has 51 heavy (non-hydrogen) atoms. The number of alkyl carbamates (subject to hydrolysis) is 1. The van der Waals surface area contributed by atoms with Crippen LogP contribution in [0, 0.1) is 11.3 Å². The number of carbonyl (C=O) groups excluding carboxylic acids is 3. The average Bonchev–Trinajstić information content (AvgIpc) is 3.68. The number of pyridine rings is 1. The Labute approximate surface area is 298 Å². The van der Waals surface area contributed by atoms with Gasteiger partial charge in [0, 0.05) is 29.4 Å². The van der Waals surface area contributed by atoms with Gasteiger partial charge in [-0.3, -0.25) is 9.59 Å². The van der Waals surface area contributed by atoms with Crippen LogP contribution in [0.15, 0.2) is 73.3 Å². The Morgan fingerprint density at radius 1 is 1.16 bits per heavy atom. The van der Waals surface area contributed by atoms with E-state index in [0.29, 0.717) is 30.7 Å². The number of carbonyl (C=O) groups is 4. The maximum absolute atomic E-state index is 14.3. The molecule has 3 N–H and O–H groups in total. The highest BCUT2D eigenvalue weighted by molar-refractivity contribution is 5.96. The number of nitrogens with zero attached hydrogens (tertiary/aromatic N) is 2. The van der Waals surface area contributed by atoms with Crippen molar-refractivity contribution in [2.75, 3.05) is 13.2 Å². The van der Waals surface area contributed by atoms with Crippen molar-refractivity contribution < 1.29 is 33.8 Å². The Kier molecular flexibility index (Phi) is 10.2. The predicted molar refractivity (Wildman–Crippen MR) is 194 cm³/mol. The van der Waals surface area contributed by atoms with Crippen molar-refractivity contribution in [1.29, 1.82) is 0 Å². The van der Waals surface area contributed by atoms with Crippen LogP contribution in [0.4, 0.5) is 4.79 Å².